The van der Waals surface area contributed by atoms with Crippen LogP contribution in [0.15, 0.2) is 78.9 Å². The van der Waals surface area contributed by atoms with Gasteiger partial charge in [-0.1, -0.05) is 67.9 Å². The van der Waals surface area contributed by atoms with Gasteiger partial charge in [-0.15, -0.1) is 0 Å². The fourth-order valence-corrected chi connectivity index (χ4v) is 4.41. The van der Waals surface area contributed by atoms with Crippen molar-refractivity contribution < 1.29 is 0 Å². The lowest BCUT2D eigenvalue weighted by Gasteiger charge is -2.30. The van der Waals surface area contributed by atoms with E-state index in [1.807, 2.05) is 12.1 Å². The molecule has 0 aliphatic carbocycles. The van der Waals surface area contributed by atoms with Crippen LogP contribution >= 0.6 is 11.6 Å². The number of halogens is 1. The van der Waals surface area contributed by atoms with Gasteiger partial charge < -0.3 is 10.2 Å². The summed E-state index contributed by atoms with van der Waals surface area (Å²) in [6, 6.07) is 28.0. The number of rotatable bonds is 6. The Bertz CT molecular complexity index is 921. The summed E-state index contributed by atoms with van der Waals surface area (Å²) in [4.78, 5) is 2.42. The van der Waals surface area contributed by atoms with Crippen LogP contribution in [0, 0.1) is 5.92 Å². The smallest absolute Gasteiger partial charge is 0.0411 e. The van der Waals surface area contributed by atoms with Crippen LogP contribution < -0.4 is 10.2 Å². The van der Waals surface area contributed by atoms with E-state index in [2.05, 4.69) is 90.8 Å². The van der Waals surface area contributed by atoms with Crippen LogP contribution in [0.1, 0.15) is 36.8 Å². The molecule has 4 rings (SSSR count). The number of benzene rings is 3. The number of anilines is 2. The van der Waals surface area contributed by atoms with E-state index in [9.17, 15) is 0 Å². The molecule has 1 fully saturated rings. The van der Waals surface area contributed by atoms with Crippen molar-refractivity contribution >= 4 is 23.0 Å². The van der Waals surface area contributed by atoms with Crippen LogP contribution in [0.2, 0.25) is 5.02 Å². The van der Waals surface area contributed by atoms with Gasteiger partial charge in [-0.25, -0.2) is 0 Å². The molecule has 0 bridgehead atoms. The predicted octanol–water partition coefficient (Wildman–Crippen LogP) is 6.60. The molecule has 3 aromatic carbocycles. The highest BCUT2D eigenvalue weighted by atomic mass is 35.5. The van der Waals surface area contributed by atoms with E-state index < -0.39 is 0 Å². The van der Waals surface area contributed by atoms with E-state index in [4.69, 9.17) is 11.6 Å². The second-order valence-electron chi connectivity index (χ2n) is 8.27. The summed E-state index contributed by atoms with van der Waals surface area (Å²) in [5.74, 6) is 1.61. The molecule has 0 aromatic heterocycles. The molecule has 29 heavy (non-hydrogen) atoms. The topological polar surface area (TPSA) is 15.3 Å². The zero-order valence-electron chi connectivity index (χ0n) is 17.2. The van der Waals surface area contributed by atoms with E-state index >= 15 is 0 Å². The molecular formula is C26H29ClN2. The third-order valence-corrected chi connectivity index (χ3v) is 6.22. The first-order chi connectivity index (χ1) is 14.1. The van der Waals surface area contributed by atoms with Crippen molar-refractivity contribution in [1.82, 2.24) is 5.32 Å². The number of nitrogens with one attached hydrogen (secondary N) is 1. The van der Waals surface area contributed by atoms with Gasteiger partial charge in [-0.3, -0.25) is 0 Å². The first kappa shape index (κ1) is 20.0. The molecule has 1 saturated heterocycles. The van der Waals surface area contributed by atoms with Crippen LogP contribution in [0.4, 0.5) is 11.4 Å². The minimum Gasteiger partial charge on any atom is -0.341 e. The lowest BCUT2D eigenvalue weighted by molar-refractivity contribution is 0.525. The fourth-order valence-electron chi connectivity index (χ4n) is 4.29. The van der Waals surface area contributed by atoms with E-state index in [-0.39, 0.29) is 0 Å². The Morgan fingerprint density at radius 1 is 0.897 bits per heavy atom. The summed E-state index contributed by atoms with van der Waals surface area (Å²) >= 11 is 6.15. The maximum absolute atomic E-state index is 6.15. The Morgan fingerprint density at radius 2 is 1.62 bits per heavy atom. The number of hydrogen-bond donors (Lipinski definition) is 1. The average molecular weight is 405 g/mol. The van der Waals surface area contributed by atoms with Gasteiger partial charge >= 0.3 is 0 Å². The number of hydrogen-bond acceptors (Lipinski definition) is 2. The molecule has 0 saturated carbocycles. The van der Waals surface area contributed by atoms with Crippen molar-refractivity contribution in [2.45, 2.75) is 25.7 Å². The van der Waals surface area contributed by atoms with Crippen molar-refractivity contribution in [3.63, 3.8) is 0 Å². The van der Waals surface area contributed by atoms with Crippen LogP contribution in [0.25, 0.3) is 0 Å². The van der Waals surface area contributed by atoms with Gasteiger partial charge in [0.15, 0.2) is 0 Å². The van der Waals surface area contributed by atoms with E-state index in [1.165, 1.54) is 22.5 Å². The fraction of sp³-hybridized carbons (Fsp3) is 0.308. The number of para-hydroxylation sites is 1. The molecule has 0 radical (unpaired) electrons. The molecule has 0 spiro atoms. The third kappa shape index (κ3) is 4.66. The second-order valence-corrected chi connectivity index (χ2v) is 8.71. The second kappa shape index (κ2) is 9.02. The van der Waals surface area contributed by atoms with E-state index in [1.54, 1.807) is 0 Å². The summed E-state index contributed by atoms with van der Waals surface area (Å²) in [6.07, 6.45) is 0. The predicted molar refractivity (Wildman–Crippen MR) is 125 cm³/mol. The van der Waals surface area contributed by atoms with Crippen molar-refractivity contribution in [1.29, 1.82) is 0 Å². The molecule has 2 unspecified atom stereocenters. The van der Waals surface area contributed by atoms with Gasteiger partial charge in [0, 0.05) is 41.9 Å². The number of nitrogens with zero attached hydrogens (tertiary/aromatic N) is 1. The standard InChI is InChI=1S/C26H29ClN2/c1-19(2)20-7-6-8-21(15-20)26-17-28-16-22(26)18-29(24-9-4-3-5-10-24)25-13-11-23(27)12-14-25/h3-15,19,22,26,28H,16-18H2,1-2H3. The van der Waals surface area contributed by atoms with Gasteiger partial charge in [0.25, 0.3) is 0 Å². The van der Waals surface area contributed by atoms with Gasteiger partial charge in [0.2, 0.25) is 0 Å². The molecular weight excluding hydrogens is 376 g/mol. The summed E-state index contributed by atoms with van der Waals surface area (Å²) in [6.45, 7) is 7.57. The van der Waals surface area contributed by atoms with Gasteiger partial charge in [0.05, 0.1) is 0 Å². The maximum Gasteiger partial charge on any atom is 0.0411 e. The molecule has 3 heteroatoms. The SMILES string of the molecule is CC(C)c1cccc(C2CNCC2CN(c2ccccc2)c2ccc(Cl)cc2)c1. The lowest BCUT2D eigenvalue weighted by atomic mass is 9.86. The first-order valence-corrected chi connectivity index (χ1v) is 10.9. The highest BCUT2D eigenvalue weighted by Crippen LogP contribution is 2.34. The Morgan fingerprint density at radius 3 is 2.34 bits per heavy atom. The van der Waals surface area contributed by atoms with E-state index in [0.29, 0.717) is 17.8 Å². The normalized spacial score (nSPS) is 18.9. The van der Waals surface area contributed by atoms with Crippen molar-refractivity contribution in [2.24, 2.45) is 5.92 Å². The molecule has 2 nitrogen and oxygen atoms in total. The Balaban J connectivity index is 1.63. The quantitative estimate of drug-likeness (QED) is 0.497. The molecule has 0 amide bonds. The molecule has 1 aliphatic rings. The minimum absolute atomic E-state index is 0.521. The summed E-state index contributed by atoms with van der Waals surface area (Å²) in [5, 5.41) is 4.41. The van der Waals surface area contributed by atoms with Gasteiger partial charge in [-0.05, 0) is 59.4 Å². The molecule has 1 N–H and O–H groups in total. The van der Waals surface area contributed by atoms with Crippen molar-refractivity contribution in [3.05, 3.63) is 95.0 Å². The Hall–Kier alpha value is -2.29. The monoisotopic (exact) mass is 404 g/mol. The van der Waals surface area contributed by atoms with Crippen molar-refractivity contribution in [2.75, 3.05) is 24.5 Å². The van der Waals surface area contributed by atoms with Gasteiger partial charge in [-0.2, -0.15) is 0 Å². The molecule has 1 aliphatic heterocycles. The molecule has 2 atom stereocenters. The zero-order chi connectivity index (χ0) is 20.2. The molecule has 3 aromatic rings. The van der Waals surface area contributed by atoms with Crippen LogP contribution in [-0.4, -0.2) is 19.6 Å². The average Bonchev–Trinajstić information content (AvgIpc) is 3.22. The molecule has 1 heterocycles. The van der Waals surface area contributed by atoms with Crippen LogP contribution in [0.3, 0.4) is 0 Å². The maximum atomic E-state index is 6.15. The Kier molecular flexibility index (Phi) is 6.22. The highest BCUT2D eigenvalue weighted by molar-refractivity contribution is 6.30. The summed E-state index contributed by atoms with van der Waals surface area (Å²) < 4.78 is 0. The summed E-state index contributed by atoms with van der Waals surface area (Å²) in [5.41, 5.74) is 5.28. The lowest BCUT2D eigenvalue weighted by Crippen LogP contribution is -2.29. The Labute approximate surface area is 179 Å². The van der Waals surface area contributed by atoms with Crippen LogP contribution in [-0.2, 0) is 0 Å². The molecule has 150 valence electrons. The van der Waals surface area contributed by atoms with Crippen molar-refractivity contribution in [3.8, 4) is 0 Å². The third-order valence-electron chi connectivity index (χ3n) is 5.97. The van der Waals surface area contributed by atoms with E-state index in [0.717, 1.165) is 24.7 Å². The summed E-state index contributed by atoms with van der Waals surface area (Å²) in [7, 11) is 0. The largest absolute Gasteiger partial charge is 0.341 e. The minimum atomic E-state index is 0.521. The highest BCUT2D eigenvalue weighted by Gasteiger charge is 2.30. The zero-order valence-corrected chi connectivity index (χ0v) is 17.9. The van der Waals surface area contributed by atoms with Crippen LogP contribution in [0.5, 0.6) is 0 Å². The first-order valence-electron chi connectivity index (χ1n) is 10.5. The van der Waals surface area contributed by atoms with Gasteiger partial charge in [0.1, 0.15) is 0 Å².